The number of carbonyl (C=O) groups is 2. The Labute approximate surface area is 339 Å². The van der Waals surface area contributed by atoms with Crippen LogP contribution in [-0.2, 0) is 32.2 Å². The topological polar surface area (TPSA) is 107 Å². The van der Waals surface area contributed by atoms with Gasteiger partial charge in [-0.1, -0.05) is 83.9 Å². The Balaban J connectivity index is 1.06. The molecule has 0 spiro atoms. The van der Waals surface area contributed by atoms with Crippen LogP contribution in [0.25, 0.3) is 33.4 Å². The normalized spacial score (nSPS) is 20.0. The summed E-state index contributed by atoms with van der Waals surface area (Å²) in [7, 11) is 0. The first kappa shape index (κ1) is 38.7. The first-order valence-electron chi connectivity index (χ1n) is 19.9. The number of hydrogen-bond donors (Lipinski definition) is 4. The van der Waals surface area contributed by atoms with Gasteiger partial charge in [0.15, 0.2) is 0 Å². The Bertz CT molecular complexity index is 1910. The van der Waals surface area contributed by atoms with Gasteiger partial charge in [-0.2, -0.15) is 0 Å². The minimum Gasteiger partial charge on any atom is -0.378 e. The Morgan fingerprint density at radius 2 is 1.00 bits per heavy atom. The zero-order valence-electron chi connectivity index (χ0n) is 31.7. The van der Waals surface area contributed by atoms with Gasteiger partial charge >= 0.3 is 0 Å². The molecule has 0 bridgehead atoms. The van der Waals surface area contributed by atoms with Gasteiger partial charge in [-0.05, 0) is 47.2 Å². The maximum atomic E-state index is 11.7. The molecule has 294 valence electrons. The fourth-order valence-corrected chi connectivity index (χ4v) is 8.98. The van der Waals surface area contributed by atoms with Crippen molar-refractivity contribution in [2.75, 3.05) is 75.5 Å². The fraction of sp³-hybridized carbons (Fsp3) is 0.409. The van der Waals surface area contributed by atoms with E-state index in [1.165, 1.54) is 11.1 Å². The molecule has 12 heteroatoms. The molecular weight excluding hydrogens is 747 g/mol. The minimum atomic E-state index is 0.131. The van der Waals surface area contributed by atoms with E-state index in [0.717, 1.165) is 96.9 Å². The highest BCUT2D eigenvalue weighted by Crippen LogP contribution is 2.44. The summed E-state index contributed by atoms with van der Waals surface area (Å²) in [4.78, 5) is 28.2. The maximum Gasteiger partial charge on any atom is 0.220 e. The van der Waals surface area contributed by atoms with Crippen LogP contribution in [0.4, 0.5) is 11.4 Å². The van der Waals surface area contributed by atoms with E-state index in [2.05, 4.69) is 91.7 Å². The lowest BCUT2D eigenvalue weighted by atomic mass is 9.94. The van der Waals surface area contributed by atoms with Gasteiger partial charge in [-0.3, -0.25) is 9.59 Å². The Morgan fingerprint density at radius 1 is 0.589 bits per heavy atom. The quantitative estimate of drug-likeness (QED) is 0.123. The summed E-state index contributed by atoms with van der Waals surface area (Å²) in [6.45, 7) is 8.87. The Hall–Kier alpha value is -4.16. The molecule has 2 atom stereocenters. The van der Waals surface area contributed by atoms with E-state index < -0.39 is 0 Å². The molecule has 2 amide bonds. The van der Waals surface area contributed by atoms with Crippen LogP contribution in [0.3, 0.4) is 0 Å². The summed E-state index contributed by atoms with van der Waals surface area (Å²) in [6, 6.07) is 25.8. The number of benzene rings is 4. The standard InChI is InChI=1S/C44H50Cl2N6O4/c45-43-35(29-7-9-31(25-47-27-33-11-13-41(53)49-33)39(23-29)51-15-19-55-20-16-51)3-1-5-37(43)38-6-2-4-36(44(38)46)30-8-10-32(26-48-28-34-12-14-42(54)50-34)40(24-30)52-17-21-56-22-18-52/h1-10,23-24,33-34,47-48H,11-22,25-28H2,(H,49,53)(H,50,54)/t33-,34-/m0/s1. The average molecular weight is 798 g/mol. The number of halogens is 2. The van der Waals surface area contributed by atoms with Crippen molar-refractivity contribution in [3.63, 3.8) is 0 Å². The van der Waals surface area contributed by atoms with E-state index in [0.29, 0.717) is 62.4 Å². The lowest BCUT2D eigenvalue weighted by molar-refractivity contribution is -0.120. The van der Waals surface area contributed by atoms with E-state index in [1.54, 1.807) is 0 Å². The van der Waals surface area contributed by atoms with Gasteiger partial charge in [-0.15, -0.1) is 0 Å². The Morgan fingerprint density at radius 3 is 1.39 bits per heavy atom. The van der Waals surface area contributed by atoms with Crippen LogP contribution in [-0.4, -0.2) is 89.6 Å². The van der Waals surface area contributed by atoms with Crippen LogP contribution in [0.2, 0.25) is 10.0 Å². The SMILES string of the molecule is O=C1CC[C@@H](CNCc2ccc(-c3cccc(-c4cccc(-c5ccc(CNC[C@@H]6CCC(=O)N6)c(N6CCOCC6)c5)c4Cl)c3Cl)cc2N2CCOCC2)N1. The van der Waals surface area contributed by atoms with E-state index in [4.69, 9.17) is 32.7 Å². The molecular formula is C44H50Cl2N6O4. The third-order valence-corrected chi connectivity index (χ3v) is 12.2. The van der Waals surface area contributed by atoms with Gasteiger partial charge in [0.2, 0.25) is 11.8 Å². The first-order valence-corrected chi connectivity index (χ1v) is 20.7. The number of hydrogen-bond acceptors (Lipinski definition) is 8. The number of ether oxygens (including phenoxy) is 2. The third-order valence-electron chi connectivity index (χ3n) is 11.4. The molecule has 0 saturated carbocycles. The van der Waals surface area contributed by atoms with Crippen molar-refractivity contribution in [3.8, 4) is 33.4 Å². The predicted octanol–water partition coefficient (Wildman–Crippen LogP) is 6.40. The van der Waals surface area contributed by atoms with Gasteiger partial charge in [-0.25, -0.2) is 0 Å². The lowest BCUT2D eigenvalue weighted by Crippen LogP contribution is -2.38. The number of carbonyl (C=O) groups excluding carboxylic acids is 2. The largest absolute Gasteiger partial charge is 0.378 e. The van der Waals surface area contributed by atoms with Crippen molar-refractivity contribution in [1.29, 1.82) is 0 Å². The van der Waals surface area contributed by atoms with Crippen LogP contribution < -0.4 is 31.1 Å². The number of rotatable bonds is 13. The molecule has 56 heavy (non-hydrogen) atoms. The monoisotopic (exact) mass is 796 g/mol. The van der Waals surface area contributed by atoms with Crippen molar-refractivity contribution < 1.29 is 19.1 Å². The molecule has 0 unspecified atom stereocenters. The van der Waals surface area contributed by atoms with E-state index in [-0.39, 0.29) is 23.9 Å². The van der Waals surface area contributed by atoms with Gasteiger partial charge in [0.1, 0.15) is 0 Å². The van der Waals surface area contributed by atoms with Gasteiger partial charge in [0, 0.05) is 111 Å². The number of nitrogens with one attached hydrogen (secondary N) is 4. The second-order valence-electron chi connectivity index (χ2n) is 15.1. The smallest absolute Gasteiger partial charge is 0.220 e. The van der Waals surface area contributed by atoms with Crippen molar-refractivity contribution in [1.82, 2.24) is 21.3 Å². The highest BCUT2D eigenvalue weighted by Gasteiger charge is 2.24. The van der Waals surface area contributed by atoms with Crippen LogP contribution in [0, 0.1) is 0 Å². The van der Waals surface area contributed by atoms with Gasteiger partial charge < -0.3 is 40.5 Å². The van der Waals surface area contributed by atoms with Crippen LogP contribution in [0.1, 0.15) is 36.8 Å². The molecule has 4 N–H and O–H groups in total. The van der Waals surface area contributed by atoms with E-state index >= 15 is 0 Å². The van der Waals surface area contributed by atoms with Crippen LogP contribution in [0.5, 0.6) is 0 Å². The predicted molar refractivity (Wildman–Crippen MR) is 225 cm³/mol. The maximum absolute atomic E-state index is 11.7. The van der Waals surface area contributed by atoms with Gasteiger partial charge in [0.05, 0.1) is 36.5 Å². The lowest BCUT2D eigenvalue weighted by Gasteiger charge is -2.31. The second kappa shape index (κ2) is 18.0. The summed E-state index contributed by atoms with van der Waals surface area (Å²) in [5, 5.41) is 14.6. The molecule has 4 aromatic rings. The van der Waals surface area contributed by atoms with Crippen molar-refractivity contribution in [2.45, 2.75) is 50.9 Å². The zero-order chi connectivity index (χ0) is 38.4. The van der Waals surface area contributed by atoms with Crippen LogP contribution in [0.15, 0.2) is 72.8 Å². The summed E-state index contributed by atoms with van der Waals surface area (Å²) in [6.07, 6.45) is 2.93. The van der Waals surface area contributed by atoms with E-state index in [1.807, 2.05) is 12.1 Å². The Kier molecular flexibility index (Phi) is 12.4. The fourth-order valence-electron chi connectivity index (χ4n) is 8.31. The summed E-state index contributed by atoms with van der Waals surface area (Å²) in [5.74, 6) is 0.263. The number of anilines is 2. The average Bonchev–Trinajstić information content (AvgIpc) is 3.85. The highest BCUT2D eigenvalue weighted by molar-refractivity contribution is 6.39. The number of morpholine rings is 2. The minimum absolute atomic E-state index is 0.131. The molecule has 4 heterocycles. The van der Waals surface area contributed by atoms with E-state index in [9.17, 15) is 9.59 Å². The molecule has 4 aliphatic rings. The van der Waals surface area contributed by atoms with Crippen molar-refractivity contribution in [2.24, 2.45) is 0 Å². The van der Waals surface area contributed by atoms with Crippen molar-refractivity contribution in [3.05, 3.63) is 94.0 Å². The second-order valence-corrected chi connectivity index (χ2v) is 15.8. The number of nitrogens with zero attached hydrogens (tertiary/aromatic N) is 2. The summed E-state index contributed by atoms with van der Waals surface area (Å²) < 4.78 is 11.4. The molecule has 4 aromatic carbocycles. The van der Waals surface area contributed by atoms with Gasteiger partial charge in [0.25, 0.3) is 0 Å². The molecule has 0 aromatic heterocycles. The summed E-state index contributed by atoms with van der Waals surface area (Å²) >= 11 is 14.7. The molecule has 10 nitrogen and oxygen atoms in total. The molecule has 4 fully saturated rings. The molecule has 0 aliphatic carbocycles. The molecule has 8 rings (SSSR count). The van der Waals surface area contributed by atoms with Crippen molar-refractivity contribution >= 4 is 46.4 Å². The number of amides is 2. The molecule has 4 aliphatic heterocycles. The zero-order valence-corrected chi connectivity index (χ0v) is 33.2. The van der Waals surface area contributed by atoms with Crippen LogP contribution >= 0.6 is 23.2 Å². The third kappa shape index (κ3) is 8.86. The first-order chi connectivity index (χ1) is 27.4. The highest BCUT2D eigenvalue weighted by atomic mass is 35.5. The molecule has 4 saturated heterocycles. The molecule has 0 radical (unpaired) electrons. The summed E-state index contributed by atoms with van der Waals surface area (Å²) in [5.41, 5.74) is 10.4.